The van der Waals surface area contributed by atoms with Crippen molar-refractivity contribution >= 4 is 23.4 Å². The van der Waals surface area contributed by atoms with Gasteiger partial charge in [-0.1, -0.05) is 47.1 Å². The maximum Gasteiger partial charge on any atom is 0.196 e. The van der Waals surface area contributed by atoms with Gasteiger partial charge in [-0.2, -0.15) is 0 Å². The van der Waals surface area contributed by atoms with Crippen LogP contribution in [0.3, 0.4) is 0 Å². The third kappa shape index (κ3) is 5.06. The molecule has 0 N–H and O–H groups in total. The van der Waals surface area contributed by atoms with Crippen molar-refractivity contribution in [2.45, 2.75) is 24.4 Å². The van der Waals surface area contributed by atoms with Crippen LogP contribution in [-0.2, 0) is 12.4 Å². The van der Waals surface area contributed by atoms with E-state index in [0.29, 0.717) is 21.8 Å². The van der Waals surface area contributed by atoms with E-state index in [1.807, 2.05) is 43.3 Å². The number of nitrogens with zero attached hydrogens (tertiary/aromatic N) is 3. The van der Waals surface area contributed by atoms with Crippen LogP contribution >= 0.6 is 23.4 Å². The molecule has 1 aromatic heterocycles. The Balaban J connectivity index is 1.61. The Hall–Kier alpha value is -2.90. The summed E-state index contributed by atoms with van der Waals surface area (Å²) in [5.74, 6) is 0.155. The summed E-state index contributed by atoms with van der Waals surface area (Å²) in [6.45, 7) is 2.18. The molecule has 0 bridgehead atoms. The summed E-state index contributed by atoms with van der Waals surface area (Å²) >= 11 is 7.22. The van der Waals surface area contributed by atoms with E-state index in [0.717, 1.165) is 11.3 Å². The van der Waals surface area contributed by atoms with Gasteiger partial charge in [0.1, 0.15) is 24.0 Å². The molecule has 4 aromatic rings. The molecule has 0 aliphatic rings. The number of ether oxygens (including phenoxy) is 1. The monoisotopic (exact) mass is 457 g/mol. The van der Waals surface area contributed by atoms with Gasteiger partial charge in [-0.15, -0.1) is 10.2 Å². The molecule has 0 radical (unpaired) electrons. The number of benzene rings is 3. The fourth-order valence-electron chi connectivity index (χ4n) is 2.93. The number of halogens is 3. The van der Waals surface area contributed by atoms with Gasteiger partial charge in [0.25, 0.3) is 0 Å². The summed E-state index contributed by atoms with van der Waals surface area (Å²) in [6, 6.07) is 18.7. The summed E-state index contributed by atoms with van der Waals surface area (Å²) in [5.41, 5.74) is 1.90. The molecule has 4 nitrogen and oxygen atoms in total. The van der Waals surface area contributed by atoms with E-state index in [1.165, 1.54) is 30.0 Å². The molecule has 0 fully saturated rings. The van der Waals surface area contributed by atoms with Crippen LogP contribution in [0.1, 0.15) is 17.0 Å². The molecule has 4 rings (SSSR count). The third-order valence-electron chi connectivity index (χ3n) is 4.58. The first-order valence-electron chi connectivity index (χ1n) is 9.46. The number of aryl methyl sites for hydroxylation is 1. The van der Waals surface area contributed by atoms with Gasteiger partial charge in [0.15, 0.2) is 11.0 Å². The minimum Gasteiger partial charge on any atom is -0.486 e. The Kier molecular flexibility index (Phi) is 6.53. The molecule has 0 atom stereocenters. The van der Waals surface area contributed by atoms with E-state index in [4.69, 9.17) is 16.3 Å². The molecule has 0 unspecified atom stereocenters. The first-order valence-corrected chi connectivity index (χ1v) is 10.8. The molecule has 31 heavy (non-hydrogen) atoms. The standard InChI is InChI=1S/C23H18ClF2N3OS/c1-15-5-11-18(12-6-15)30-13-22-27-28-23(29(22)17-9-7-16(24)8-10-17)31-14-19-20(25)3-2-4-21(19)26/h2-12H,13-14H2,1H3. The van der Waals surface area contributed by atoms with Crippen LogP contribution in [0, 0.1) is 18.6 Å². The Labute approximate surface area is 187 Å². The summed E-state index contributed by atoms with van der Waals surface area (Å²) < 4.78 is 35.7. The van der Waals surface area contributed by atoms with E-state index < -0.39 is 11.6 Å². The molecule has 0 aliphatic heterocycles. The summed E-state index contributed by atoms with van der Waals surface area (Å²) in [5, 5.41) is 9.57. The maximum absolute atomic E-state index is 14.0. The molecular weight excluding hydrogens is 440 g/mol. The normalized spacial score (nSPS) is 11.0. The number of rotatable bonds is 7. The van der Waals surface area contributed by atoms with Crippen LogP contribution < -0.4 is 4.74 Å². The van der Waals surface area contributed by atoms with Crippen molar-refractivity contribution in [3.8, 4) is 11.4 Å². The molecule has 3 aromatic carbocycles. The van der Waals surface area contributed by atoms with Crippen molar-refractivity contribution in [3.63, 3.8) is 0 Å². The average Bonchev–Trinajstić information content (AvgIpc) is 3.16. The highest BCUT2D eigenvalue weighted by atomic mass is 35.5. The van der Waals surface area contributed by atoms with E-state index in [2.05, 4.69) is 10.2 Å². The molecule has 0 amide bonds. The van der Waals surface area contributed by atoms with Gasteiger partial charge in [0.05, 0.1) is 0 Å². The van der Waals surface area contributed by atoms with Gasteiger partial charge in [0, 0.05) is 22.0 Å². The lowest BCUT2D eigenvalue weighted by molar-refractivity contribution is 0.292. The quantitative estimate of drug-likeness (QED) is 0.302. The van der Waals surface area contributed by atoms with Crippen molar-refractivity contribution in [1.82, 2.24) is 14.8 Å². The molecule has 0 saturated heterocycles. The Bertz CT molecular complexity index is 1160. The molecule has 158 valence electrons. The molecule has 1 heterocycles. The highest BCUT2D eigenvalue weighted by Crippen LogP contribution is 2.28. The second-order valence-electron chi connectivity index (χ2n) is 6.80. The fraction of sp³-hybridized carbons (Fsp3) is 0.130. The zero-order valence-electron chi connectivity index (χ0n) is 16.6. The molecule has 0 spiro atoms. The minimum absolute atomic E-state index is 0.00406. The Morgan fingerprint density at radius 2 is 1.61 bits per heavy atom. The second kappa shape index (κ2) is 9.49. The van der Waals surface area contributed by atoms with Crippen LogP contribution in [0.15, 0.2) is 71.9 Å². The molecule has 0 aliphatic carbocycles. The smallest absolute Gasteiger partial charge is 0.196 e. The predicted molar refractivity (Wildman–Crippen MR) is 118 cm³/mol. The zero-order valence-corrected chi connectivity index (χ0v) is 18.1. The van der Waals surface area contributed by atoms with Crippen molar-refractivity contribution < 1.29 is 13.5 Å². The van der Waals surface area contributed by atoms with Crippen molar-refractivity contribution in [3.05, 3.63) is 100 Å². The maximum atomic E-state index is 14.0. The van der Waals surface area contributed by atoms with Crippen LogP contribution in [0.4, 0.5) is 8.78 Å². The van der Waals surface area contributed by atoms with Gasteiger partial charge in [0.2, 0.25) is 0 Å². The van der Waals surface area contributed by atoms with Gasteiger partial charge in [-0.05, 0) is 55.5 Å². The van der Waals surface area contributed by atoms with Crippen LogP contribution in [-0.4, -0.2) is 14.8 Å². The largest absolute Gasteiger partial charge is 0.486 e. The number of hydrogen-bond acceptors (Lipinski definition) is 4. The van der Waals surface area contributed by atoms with Crippen molar-refractivity contribution in [2.75, 3.05) is 0 Å². The first kappa shape index (κ1) is 21.3. The van der Waals surface area contributed by atoms with Crippen LogP contribution in [0.5, 0.6) is 5.75 Å². The highest BCUT2D eigenvalue weighted by molar-refractivity contribution is 7.98. The predicted octanol–water partition coefficient (Wildman–Crippen LogP) is 6.38. The lowest BCUT2D eigenvalue weighted by Gasteiger charge is -2.12. The minimum atomic E-state index is -0.590. The van der Waals surface area contributed by atoms with Crippen molar-refractivity contribution in [2.24, 2.45) is 0 Å². The highest BCUT2D eigenvalue weighted by Gasteiger charge is 2.17. The topological polar surface area (TPSA) is 39.9 Å². The summed E-state index contributed by atoms with van der Waals surface area (Å²) in [4.78, 5) is 0. The lowest BCUT2D eigenvalue weighted by atomic mass is 10.2. The first-order chi connectivity index (χ1) is 15.0. The molecule has 8 heteroatoms. The third-order valence-corrected chi connectivity index (χ3v) is 5.79. The SMILES string of the molecule is Cc1ccc(OCc2nnc(SCc3c(F)cccc3F)n2-c2ccc(Cl)cc2)cc1. The number of aromatic nitrogens is 3. The molecular formula is C23H18ClF2N3OS. The van der Waals surface area contributed by atoms with Crippen LogP contribution in [0.2, 0.25) is 5.02 Å². The zero-order chi connectivity index (χ0) is 21.8. The average molecular weight is 458 g/mol. The second-order valence-corrected chi connectivity index (χ2v) is 8.18. The lowest BCUT2D eigenvalue weighted by Crippen LogP contribution is -2.07. The van der Waals surface area contributed by atoms with Crippen molar-refractivity contribution in [1.29, 1.82) is 0 Å². The number of thioether (sulfide) groups is 1. The van der Waals surface area contributed by atoms with Gasteiger partial charge >= 0.3 is 0 Å². The van der Waals surface area contributed by atoms with E-state index in [9.17, 15) is 8.78 Å². The molecule has 0 saturated carbocycles. The van der Waals surface area contributed by atoms with Crippen LogP contribution in [0.25, 0.3) is 5.69 Å². The van der Waals surface area contributed by atoms with E-state index in [1.54, 1.807) is 16.7 Å². The summed E-state index contributed by atoms with van der Waals surface area (Å²) in [6.07, 6.45) is 0. The fourth-order valence-corrected chi connectivity index (χ4v) is 4.04. The van der Waals surface area contributed by atoms with E-state index in [-0.39, 0.29) is 17.9 Å². The van der Waals surface area contributed by atoms with E-state index >= 15 is 0 Å². The van der Waals surface area contributed by atoms with Gasteiger partial charge < -0.3 is 4.74 Å². The van der Waals surface area contributed by atoms with Gasteiger partial charge in [-0.3, -0.25) is 4.57 Å². The summed E-state index contributed by atoms with van der Waals surface area (Å²) in [7, 11) is 0. The Morgan fingerprint density at radius 3 is 2.29 bits per heavy atom. The van der Waals surface area contributed by atoms with Gasteiger partial charge in [-0.25, -0.2) is 8.78 Å². The Morgan fingerprint density at radius 1 is 0.935 bits per heavy atom. The number of hydrogen-bond donors (Lipinski definition) is 0.